The molecular weight excluding hydrogens is 448 g/mol. The van der Waals surface area contributed by atoms with Gasteiger partial charge in [-0.15, -0.1) is 0 Å². The van der Waals surface area contributed by atoms with Gasteiger partial charge < -0.3 is 25.6 Å². The van der Waals surface area contributed by atoms with Crippen LogP contribution in [0.25, 0.3) is 0 Å². The molecule has 2 aromatic carbocycles. The third-order valence-corrected chi connectivity index (χ3v) is 5.98. The minimum atomic E-state index is -1.59. The summed E-state index contributed by atoms with van der Waals surface area (Å²) in [5.41, 5.74) is 0.0989. The van der Waals surface area contributed by atoms with Gasteiger partial charge in [0.25, 0.3) is 0 Å². The molecule has 0 aliphatic carbocycles. The van der Waals surface area contributed by atoms with E-state index in [1.165, 1.54) is 21.0 Å². The molecule has 0 spiro atoms. The molecule has 0 aromatic heterocycles. The number of carboxylic acid groups (broad SMARTS) is 1. The molecule has 0 aliphatic heterocycles. The van der Waals surface area contributed by atoms with Crippen molar-refractivity contribution in [2.24, 2.45) is 11.8 Å². The van der Waals surface area contributed by atoms with E-state index >= 15 is 0 Å². The Bertz CT molecular complexity index is 933. The highest BCUT2D eigenvalue weighted by atomic mass is 16.5. The molecule has 190 valence electrons. The molecule has 0 fully saturated rings. The zero-order chi connectivity index (χ0) is 26.2. The van der Waals surface area contributed by atoms with E-state index in [4.69, 9.17) is 4.74 Å². The smallest absolute Gasteiger partial charge is 0.332 e. The maximum atomic E-state index is 13.5. The fraction of sp³-hybridized carbons (Fsp3) is 0.444. The fourth-order valence-corrected chi connectivity index (χ4v) is 3.90. The predicted molar refractivity (Wildman–Crippen MR) is 132 cm³/mol. The summed E-state index contributed by atoms with van der Waals surface area (Å²) >= 11 is 0. The highest BCUT2D eigenvalue weighted by Gasteiger charge is 2.39. The van der Waals surface area contributed by atoms with Crippen LogP contribution in [0.5, 0.6) is 0 Å². The van der Waals surface area contributed by atoms with Crippen molar-refractivity contribution in [1.29, 1.82) is 0 Å². The molecular formula is C27H36N2O6. The number of aliphatic carboxylic acids is 1. The van der Waals surface area contributed by atoms with Crippen LogP contribution in [0.15, 0.2) is 60.7 Å². The number of hydrogen-bond donors (Lipinski definition) is 4. The lowest BCUT2D eigenvalue weighted by Crippen LogP contribution is -2.59. The number of ether oxygens (including phenoxy) is 1. The summed E-state index contributed by atoms with van der Waals surface area (Å²) in [6.07, 6.45) is -1.23. The number of carboxylic acids is 1. The Morgan fingerprint density at radius 1 is 0.886 bits per heavy atom. The molecule has 2 aromatic rings. The van der Waals surface area contributed by atoms with Crippen molar-refractivity contribution < 1.29 is 29.3 Å². The van der Waals surface area contributed by atoms with Crippen molar-refractivity contribution in [3.8, 4) is 0 Å². The molecule has 4 N–H and O–H groups in total. The molecule has 0 aliphatic rings. The molecule has 3 unspecified atom stereocenters. The van der Waals surface area contributed by atoms with E-state index in [0.29, 0.717) is 0 Å². The first kappa shape index (κ1) is 28.0. The fourth-order valence-electron chi connectivity index (χ4n) is 3.90. The number of methoxy groups -OCH3 is 1. The number of carbonyl (C=O) groups excluding carboxylic acids is 2. The van der Waals surface area contributed by atoms with Gasteiger partial charge in [-0.1, -0.05) is 74.5 Å². The summed E-state index contributed by atoms with van der Waals surface area (Å²) < 4.78 is 5.00. The van der Waals surface area contributed by atoms with Crippen LogP contribution < -0.4 is 10.6 Å². The van der Waals surface area contributed by atoms with E-state index < -0.39 is 47.5 Å². The van der Waals surface area contributed by atoms with Crippen molar-refractivity contribution in [3.05, 3.63) is 71.8 Å². The zero-order valence-corrected chi connectivity index (χ0v) is 20.9. The van der Waals surface area contributed by atoms with Gasteiger partial charge in [0, 0.05) is 13.0 Å². The monoisotopic (exact) mass is 484 g/mol. The van der Waals surface area contributed by atoms with E-state index in [0.717, 1.165) is 11.1 Å². The lowest BCUT2D eigenvalue weighted by Gasteiger charge is -2.33. The molecule has 8 heteroatoms. The Hall–Kier alpha value is -3.23. The summed E-state index contributed by atoms with van der Waals surface area (Å²) in [4.78, 5) is 38.1. The number of amides is 2. The van der Waals surface area contributed by atoms with Crippen LogP contribution in [0.4, 0.5) is 0 Å². The van der Waals surface area contributed by atoms with Crippen LogP contribution in [0.1, 0.15) is 51.3 Å². The Kier molecular flexibility index (Phi) is 9.98. The van der Waals surface area contributed by atoms with Crippen LogP contribution in [0, 0.1) is 11.8 Å². The Morgan fingerprint density at radius 2 is 1.37 bits per heavy atom. The van der Waals surface area contributed by atoms with Crippen LogP contribution in [-0.2, 0) is 19.1 Å². The van der Waals surface area contributed by atoms with Gasteiger partial charge in [-0.2, -0.15) is 0 Å². The molecule has 0 heterocycles. The van der Waals surface area contributed by atoms with Crippen LogP contribution >= 0.6 is 0 Å². The average molecular weight is 485 g/mol. The van der Waals surface area contributed by atoms with Gasteiger partial charge in [-0.3, -0.25) is 9.59 Å². The van der Waals surface area contributed by atoms with E-state index in [1.807, 2.05) is 60.7 Å². The van der Waals surface area contributed by atoms with E-state index in [-0.39, 0.29) is 12.3 Å². The molecule has 35 heavy (non-hydrogen) atoms. The summed E-state index contributed by atoms with van der Waals surface area (Å²) in [6, 6.07) is 17.0. The maximum absolute atomic E-state index is 13.5. The Morgan fingerprint density at radius 3 is 1.74 bits per heavy atom. The first-order valence-electron chi connectivity index (χ1n) is 11.6. The van der Waals surface area contributed by atoms with E-state index in [2.05, 4.69) is 10.6 Å². The minimum absolute atomic E-state index is 0.0633. The van der Waals surface area contributed by atoms with Gasteiger partial charge in [0.15, 0.2) is 6.10 Å². The second-order valence-corrected chi connectivity index (χ2v) is 9.51. The SMILES string of the molecule is COC(CC(C(=O)NC(C(=O)NC(c1ccccc1)c1ccccc1)C(C)(C)O)C(C)C)C(=O)O. The number of aliphatic hydroxyl groups is 1. The molecule has 2 rings (SSSR count). The third kappa shape index (κ3) is 7.90. The summed E-state index contributed by atoms with van der Waals surface area (Å²) in [7, 11) is 1.27. The third-order valence-electron chi connectivity index (χ3n) is 5.98. The van der Waals surface area contributed by atoms with Crippen molar-refractivity contribution in [1.82, 2.24) is 10.6 Å². The number of carbonyl (C=O) groups is 3. The van der Waals surface area contributed by atoms with E-state index in [9.17, 15) is 24.6 Å². The van der Waals surface area contributed by atoms with Gasteiger partial charge in [0.1, 0.15) is 6.04 Å². The van der Waals surface area contributed by atoms with Gasteiger partial charge >= 0.3 is 5.97 Å². The van der Waals surface area contributed by atoms with Gasteiger partial charge in [0.2, 0.25) is 11.8 Å². The van der Waals surface area contributed by atoms with E-state index in [1.54, 1.807) is 13.8 Å². The van der Waals surface area contributed by atoms with Gasteiger partial charge in [0.05, 0.1) is 11.6 Å². The van der Waals surface area contributed by atoms with Crippen LogP contribution in [0.3, 0.4) is 0 Å². The van der Waals surface area contributed by atoms with Gasteiger partial charge in [-0.05, 0) is 37.3 Å². The van der Waals surface area contributed by atoms with Crippen molar-refractivity contribution >= 4 is 17.8 Å². The topological polar surface area (TPSA) is 125 Å². The Balaban J connectivity index is 2.31. The first-order valence-corrected chi connectivity index (χ1v) is 11.6. The summed E-state index contributed by atoms with van der Waals surface area (Å²) in [5.74, 6) is -3.22. The molecule has 2 amide bonds. The molecule has 8 nitrogen and oxygen atoms in total. The summed E-state index contributed by atoms with van der Waals surface area (Å²) in [6.45, 7) is 6.46. The highest BCUT2D eigenvalue weighted by molar-refractivity contribution is 5.90. The lowest BCUT2D eigenvalue weighted by atomic mass is 9.87. The van der Waals surface area contributed by atoms with Gasteiger partial charge in [-0.25, -0.2) is 4.79 Å². The maximum Gasteiger partial charge on any atom is 0.332 e. The highest BCUT2D eigenvalue weighted by Crippen LogP contribution is 2.24. The quantitative estimate of drug-likeness (QED) is 0.367. The standard InChI is InChI=1S/C27H36N2O6/c1-17(2)20(16-21(35-5)26(32)33)24(30)29-23(27(3,4)34)25(31)28-22(18-12-8-6-9-13-18)19-14-10-7-11-15-19/h6-15,17,20-23,34H,16H2,1-5H3,(H,28,31)(H,29,30)(H,32,33). The number of benzene rings is 2. The molecule has 0 bridgehead atoms. The molecule has 0 radical (unpaired) electrons. The first-order chi connectivity index (χ1) is 16.5. The van der Waals surface area contributed by atoms with Crippen molar-refractivity contribution in [3.63, 3.8) is 0 Å². The predicted octanol–water partition coefficient (Wildman–Crippen LogP) is 2.91. The van der Waals surface area contributed by atoms with Crippen LogP contribution in [-0.4, -0.2) is 52.9 Å². The van der Waals surface area contributed by atoms with Crippen LogP contribution in [0.2, 0.25) is 0 Å². The van der Waals surface area contributed by atoms with Crippen molar-refractivity contribution in [2.45, 2.75) is 57.9 Å². The number of rotatable bonds is 12. The lowest BCUT2D eigenvalue weighted by molar-refractivity contribution is -0.151. The second kappa shape index (κ2) is 12.5. The minimum Gasteiger partial charge on any atom is -0.479 e. The largest absolute Gasteiger partial charge is 0.479 e. The summed E-state index contributed by atoms with van der Waals surface area (Å²) in [5, 5.41) is 25.8. The zero-order valence-electron chi connectivity index (χ0n) is 20.9. The van der Waals surface area contributed by atoms with Crippen molar-refractivity contribution in [2.75, 3.05) is 7.11 Å². The normalized spacial score (nSPS) is 14.3. The second-order valence-electron chi connectivity index (χ2n) is 9.51. The molecule has 3 atom stereocenters. The Labute approximate surface area is 206 Å². The number of nitrogens with one attached hydrogen (secondary N) is 2. The average Bonchev–Trinajstić information content (AvgIpc) is 2.81. The number of hydrogen-bond acceptors (Lipinski definition) is 5. The molecule has 0 saturated heterocycles. The molecule has 0 saturated carbocycles.